The topological polar surface area (TPSA) is 30.3 Å². The van der Waals surface area contributed by atoms with Crippen LogP contribution in [-0.2, 0) is 6.54 Å². The Kier molecular flexibility index (Phi) is 14.2. The Morgan fingerprint density at radius 3 is 1.32 bits per heavy atom. The van der Waals surface area contributed by atoms with Crippen molar-refractivity contribution in [1.82, 2.24) is 9.80 Å². The SMILES string of the molecule is CN1CCN(Cc2ccc(C#N)cc2)CC1.F[B-](F)(F)F.F[B-](F)(F)F.F[B-](F)(F)F. The van der Waals surface area contributed by atoms with E-state index in [0.29, 0.717) is 0 Å². The van der Waals surface area contributed by atoms with Gasteiger partial charge in [0.1, 0.15) is 0 Å². The number of likely N-dealkylation sites (N-methyl/N-ethyl adjacent to an activating group) is 1. The molecule has 1 aliphatic rings. The number of benzene rings is 1. The van der Waals surface area contributed by atoms with E-state index >= 15 is 0 Å². The standard InChI is InChI=1S/C13H17N3.3BF4/c1-15-6-8-16(9-7-15)11-13-4-2-12(10-14)3-5-13;3*2-1(3,4)5/h2-5H,6-9,11H2,1H3;;;/q;3*-1. The number of hydrogen-bond acceptors (Lipinski definition) is 3. The van der Waals surface area contributed by atoms with E-state index in [4.69, 9.17) is 5.26 Å². The van der Waals surface area contributed by atoms with Crippen LogP contribution < -0.4 is 0 Å². The van der Waals surface area contributed by atoms with E-state index in [-0.39, 0.29) is 0 Å². The maximum atomic E-state index is 9.75. The molecule has 2 rings (SSSR count). The molecule has 31 heavy (non-hydrogen) atoms. The number of halogens is 12. The van der Waals surface area contributed by atoms with Gasteiger partial charge in [-0.1, -0.05) is 12.1 Å². The molecular weight excluding hydrogens is 459 g/mol. The minimum Gasteiger partial charge on any atom is -0.418 e. The molecule has 0 aromatic heterocycles. The first kappa shape index (κ1) is 31.2. The molecule has 0 atom stereocenters. The van der Waals surface area contributed by atoms with Crippen molar-refractivity contribution in [3.8, 4) is 6.07 Å². The van der Waals surface area contributed by atoms with Gasteiger partial charge in [-0.2, -0.15) is 5.26 Å². The van der Waals surface area contributed by atoms with Crippen molar-refractivity contribution in [2.24, 2.45) is 0 Å². The zero-order chi connectivity index (χ0) is 24.9. The predicted octanol–water partition coefficient (Wildman–Crippen LogP) is 5.21. The fraction of sp³-hybridized carbons (Fsp3) is 0.462. The third kappa shape index (κ3) is 32.8. The molecule has 1 aromatic carbocycles. The Labute approximate surface area is 170 Å². The summed E-state index contributed by atoms with van der Waals surface area (Å²) in [5, 5.41) is 8.71. The molecule has 0 unspecified atom stereocenters. The van der Waals surface area contributed by atoms with Gasteiger partial charge in [0.25, 0.3) is 0 Å². The van der Waals surface area contributed by atoms with E-state index < -0.39 is 21.8 Å². The fourth-order valence-corrected chi connectivity index (χ4v) is 1.95. The van der Waals surface area contributed by atoms with Gasteiger partial charge >= 0.3 is 21.8 Å². The van der Waals surface area contributed by atoms with Crippen LogP contribution in [0.15, 0.2) is 24.3 Å². The minimum absolute atomic E-state index is 0.738. The van der Waals surface area contributed by atoms with Crippen molar-refractivity contribution in [1.29, 1.82) is 5.26 Å². The van der Waals surface area contributed by atoms with Crippen LogP contribution >= 0.6 is 0 Å². The van der Waals surface area contributed by atoms with Crippen molar-refractivity contribution >= 4 is 21.8 Å². The van der Waals surface area contributed by atoms with E-state index in [9.17, 15) is 51.8 Å². The van der Waals surface area contributed by atoms with Crippen LogP contribution in [0.4, 0.5) is 51.8 Å². The molecule has 1 saturated heterocycles. The van der Waals surface area contributed by atoms with E-state index in [0.717, 1.165) is 38.3 Å². The normalized spacial score (nSPS) is 15.2. The highest BCUT2D eigenvalue weighted by Gasteiger charge is 2.21. The summed E-state index contributed by atoms with van der Waals surface area (Å²) in [5.41, 5.74) is 2.03. The van der Waals surface area contributed by atoms with Gasteiger partial charge in [-0.25, -0.2) is 0 Å². The largest absolute Gasteiger partial charge is 0.673 e. The second-order valence-electron chi connectivity index (χ2n) is 5.87. The third-order valence-corrected chi connectivity index (χ3v) is 3.09. The highest BCUT2D eigenvalue weighted by Crippen LogP contribution is 2.09. The lowest BCUT2D eigenvalue weighted by Gasteiger charge is -2.32. The molecule has 0 saturated carbocycles. The lowest BCUT2D eigenvalue weighted by atomic mass is 10.1. The first-order chi connectivity index (χ1) is 13.8. The van der Waals surface area contributed by atoms with E-state index in [1.165, 1.54) is 5.56 Å². The monoisotopic (exact) mass is 476 g/mol. The number of rotatable bonds is 2. The number of nitrogens with zero attached hydrogens (tertiary/aromatic N) is 3. The smallest absolute Gasteiger partial charge is 0.418 e. The zero-order valence-corrected chi connectivity index (χ0v) is 16.0. The molecule has 180 valence electrons. The maximum Gasteiger partial charge on any atom is 0.673 e. The van der Waals surface area contributed by atoms with Gasteiger partial charge in [0.05, 0.1) is 11.6 Å². The first-order valence-corrected chi connectivity index (χ1v) is 8.30. The quantitative estimate of drug-likeness (QED) is 0.435. The summed E-state index contributed by atoms with van der Waals surface area (Å²) < 4.78 is 117. The molecule has 1 aromatic rings. The van der Waals surface area contributed by atoms with Crippen LogP contribution in [-0.4, -0.2) is 64.8 Å². The maximum absolute atomic E-state index is 9.75. The summed E-state index contributed by atoms with van der Waals surface area (Å²) in [6, 6.07) is 10.0. The summed E-state index contributed by atoms with van der Waals surface area (Å²) in [4.78, 5) is 4.82. The van der Waals surface area contributed by atoms with Crippen LogP contribution in [0.5, 0.6) is 0 Å². The summed E-state index contributed by atoms with van der Waals surface area (Å²) in [6.07, 6.45) is 0. The molecule has 0 amide bonds. The molecule has 0 N–H and O–H groups in total. The van der Waals surface area contributed by atoms with Crippen LogP contribution in [0.25, 0.3) is 0 Å². The van der Waals surface area contributed by atoms with Crippen molar-refractivity contribution in [3.63, 3.8) is 0 Å². The van der Waals surface area contributed by atoms with Gasteiger partial charge in [-0.3, -0.25) is 4.90 Å². The Balaban J connectivity index is 0. The molecule has 1 fully saturated rings. The summed E-state index contributed by atoms with van der Waals surface area (Å²) in [7, 11) is -15.8. The average Bonchev–Trinajstić information content (AvgIpc) is 2.53. The van der Waals surface area contributed by atoms with Gasteiger partial charge < -0.3 is 56.7 Å². The van der Waals surface area contributed by atoms with E-state index in [2.05, 4.69) is 35.0 Å². The summed E-state index contributed by atoms with van der Waals surface area (Å²) in [6.45, 7) is 5.57. The molecule has 0 aliphatic carbocycles. The van der Waals surface area contributed by atoms with Gasteiger partial charge in [0, 0.05) is 32.7 Å². The lowest BCUT2D eigenvalue weighted by molar-refractivity contribution is 0.148. The third-order valence-electron chi connectivity index (χ3n) is 3.09. The van der Waals surface area contributed by atoms with Gasteiger partial charge in [0.2, 0.25) is 0 Å². The van der Waals surface area contributed by atoms with Crippen LogP contribution in [0.1, 0.15) is 11.1 Å². The molecule has 0 spiro atoms. The Morgan fingerprint density at radius 1 is 0.710 bits per heavy atom. The molecule has 18 heteroatoms. The second-order valence-corrected chi connectivity index (χ2v) is 5.87. The highest BCUT2D eigenvalue weighted by molar-refractivity contribution is 6.50. The molecule has 0 bridgehead atoms. The Hall–Kier alpha value is -2.02. The Bertz CT molecular complexity index is 588. The predicted molar refractivity (Wildman–Crippen MR) is 94.5 cm³/mol. The van der Waals surface area contributed by atoms with Crippen LogP contribution in [0, 0.1) is 11.3 Å². The van der Waals surface area contributed by atoms with Crippen molar-refractivity contribution in [2.45, 2.75) is 6.54 Å². The number of piperazine rings is 1. The molecule has 1 heterocycles. The molecular formula is C13H17B3F12N3-3. The van der Waals surface area contributed by atoms with Crippen LogP contribution in [0.3, 0.4) is 0 Å². The van der Waals surface area contributed by atoms with Gasteiger partial charge in [0.15, 0.2) is 0 Å². The number of nitriles is 1. The Morgan fingerprint density at radius 2 is 1.03 bits per heavy atom. The fourth-order valence-electron chi connectivity index (χ4n) is 1.95. The average molecular weight is 476 g/mol. The van der Waals surface area contributed by atoms with Gasteiger partial charge in [-0.05, 0) is 24.7 Å². The van der Waals surface area contributed by atoms with Gasteiger partial charge in [-0.15, -0.1) is 0 Å². The first-order valence-electron chi connectivity index (χ1n) is 8.30. The minimum atomic E-state index is -6.00. The van der Waals surface area contributed by atoms with E-state index in [1.807, 2.05) is 12.1 Å². The number of hydrogen-bond donors (Lipinski definition) is 0. The molecule has 0 radical (unpaired) electrons. The zero-order valence-electron chi connectivity index (χ0n) is 16.0. The van der Waals surface area contributed by atoms with Crippen LogP contribution in [0.2, 0.25) is 0 Å². The summed E-state index contributed by atoms with van der Waals surface area (Å²) >= 11 is 0. The lowest BCUT2D eigenvalue weighted by Crippen LogP contribution is -2.43. The molecule has 3 nitrogen and oxygen atoms in total. The molecule has 1 aliphatic heterocycles. The second kappa shape index (κ2) is 14.1. The summed E-state index contributed by atoms with van der Waals surface area (Å²) in [5.74, 6) is 0. The van der Waals surface area contributed by atoms with Crippen molar-refractivity contribution in [3.05, 3.63) is 35.4 Å². The van der Waals surface area contributed by atoms with E-state index in [1.54, 1.807) is 0 Å². The van der Waals surface area contributed by atoms with Crippen molar-refractivity contribution in [2.75, 3.05) is 33.2 Å². The highest BCUT2D eigenvalue weighted by atomic mass is 19.5. The van der Waals surface area contributed by atoms with Crippen molar-refractivity contribution < 1.29 is 51.8 Å².